The molecule has 0 radical (unpaired) electrons. The van der Waals surface area contributed by atoms with E-state index in [2.05, 4.69) is 13.8 Å². The fraction of sp³-hybridized carbons (Fsp3) is 1.00. The van der Waals surface area contributed by atoms with Crippen molar-refractivity contribution in [3.05, 3.63) is 0 Å². The highest BCUT2D eigenvalue weighted by atomic mass is 14.5. The van der Waals surface area contributed by atoms with Crippen LogP contribution in [0.2, 0.25) is 0 Å². The van der Waals surface area contributed by atoms with Crippen LogP contribution in [-0.2, 0) is 0 Å². The molecule has 0 spiro atoms. The van der Waals surface area contributed by atoms with Gasteiger partial charge >= 0.3 is 0 Å². The van der Waals surface area contributed by atoms with Crippen molar-refractivity contribution in [1.29, 1.82) is 0 Å². The minimum Gasteiger partial charge on any atom is -0.0620 e. The summed E-state index contributed by atoms with van der Waals surface area (Å²) in [5, 5.41) is 0. The Bertz CT molecular complexity index is 315. The summed E-state index contributed by atoms with van der Waals surface area (Å²) in [7, 11) is 0. The summed E-state index contributed by atoms with van der Waals surface area (Å²) < 4.78 is 0. The smallest absolute Gasteiger partial charge is 0.0243 e. The van der Waals surface area contributed by atoms with E-state index in [0.717, 1.165) is 23.7 Å². The van der Waals surface area contributed by atoms with Gasteiger partial charge in [0, 0.05) is 0 Å². The molecule has 0 bridgehead atoms. The van der Waals surface area contributed by atoms with Crippen LogP contribution in [0.25, 0.3) is 0 Å². The normalized spacial score (nSPS) is 30.3. The Hall–Kier alpha value is 0. The third-order valence-corrected chi connectivity index (χ3v) is 8.19. The van der Waals surface area contributed by atoms with Gasteiger partial charge in [-0.1, -0.05) is 78.1 Å². The Balaban J connectivity index is 1.70. The Morgan fingerprint density at radius 2 is 1.09 bits per heavy atom. The topological polar surface area (TPSA) is 0 Å². The minimum absolute atomic E-state index is 0.661. The van der Waals surface area contributed by atoms with Crippen molar-refractivity contribution in [3.8, 4) is 0 Å². The first-order chi connectivity index (χ1) is 10.7. The van der Waals surface area contributed by atoms with E-state index in [-0.39, 0.29) is 0 Å². The highest BCUT2D eigenvalue weighted by molar-refractivity contribution is 4.95. The molecular formula is C22H40. The first-order valence-electron chi connectivity index (χ1n) is 10.7. The van der Waals surface area contributed by atoms with E-state index < -0.39 is 0 Å². The Labute approximate surface area is 139 Å². The summed E-state index contributed by atoms with van der Waals surface area (Å²) in [5.74, 6) is 4.12. The molecule has 0 heteroatoms. The summed E-state index contributed by atoms with van der Waals surface area (Å²) in [6.07, 6.45) is 22.9. The fourth-order valence-electron chi connectivity index (χ4n) is 6.59. The highest BCUT2D eigenvalue weighted by Gasteiger charge is 2.46. The van der Waals surface area contributed by atoms with Crippen molar-refractivity contribution < 1.29 is 0 Å². The minimum atomic E-state index is 0.661. The molecule has 3 rings (SSSR count). The van der Waals surface area contributed by atoms with Gasteiger partial charge in [0.25, 0.3) is 0 Å². The van der Waals surface area contributed by atoms with Crippen LogP contribution in [0.15, 0.2) is 0 Å². The molecule has 0 saturated heterocycles. The van der Waals surface area contributed by atoms with Gasteiger partial charge in [0.15, 0.2) is 0 Å². The van der Waals surface area contributed by atoms with Gasteiger partial charge in [-0.2, -0.15) is 0 Å². The Morgan fingerprint density at radius 1 is 0.682 bits per heavy atom. The van der Waals surface area contributed by atoms with Gasteiger partial charge in [0.05, 0.1) is 0 Å². The molecule has 128 valence electrons. The van der Waals surface area contributed by atoms with Gasteiger partial charge in [0.2, 0.25) is 0 Å². The maximum atomic E-state index is 2.74. The highest BCUT2D eigenvalue weighted by Crippen LogP contribution is 2.55. The number of hydrogen-bond acceptors (Lipinski definition) is 0. The van der Waals surface area contributed by atoms with Gasteiger partial charge in [-0.15, -0.1) is 0 Å². The molecule has 3 fully saturated rings. The predicted molar refractivity (Wildman–Crippen MR) is 97.0 cm³/mol. The maximum absolute atomic E-state index is 2.74. The molecule has 3 aliphatic carbocycles. The number of rotatable bonds is 5. The van der Waals surface area contributed by atoms with Crippen molar-refractivity contribution >= 4 is 0 Å². The zero-order valence-electron chi connectivity index (χ0n) is 15.4. The molecule has 0 nitrogen and oxygen atoms in total. The molecule has 0 N–H and O–H groups in total. The van der Waals surface area contributed by atoms with Crippen LogP contribution in [0.1, 0.15) is 110 Å². The van der Waals surface area contributed by atoms with Gasteiger partial charge in [-0.25, -0.2) is 0 Å². The molecule has 2 unspecified atom stereocenters. The summed E-state index contributed by atoms with van der Waals surface area (Å²) >= 11 is 0. The third kappa shape index (κ3) is 3.57. The molecule has 0 aliphatic heterocycles. The lowest BCUT2D eigenvalue weighted by Gasteiger charge is -2.50. The summed E-state index contributed by atoms with van der Waals surface area (Å²) in [6.45, 7) is 5.40. The Kier molecular flexibility index (Phi) is 5.91. The van der Waals surface area contributed by atoms with E-state index in [1.54, 1.807) is 32.1 Å². The molecule has 22 heavy (non-hydrogen) atoms. The zero-order valence-corrected chi connectivity index (χ0v) is 15.4. The zero-order chi connectivity index (χ0) is 15.4. The molecule has 3 aliphatic rings. The average Bonchev–Trinajstić information content (AvgIpc) is 3.11. The molecule has 0 aromatic heterocycles. The van der Waals surface area contributed by atoms with Crippen LogP contribution in [0.5, 0.6) is 0 Å². The lowest BCUT2D eigenvalue weighted by Crippen LogP contribution is -2.42. The van der Waals surface area contributed by atoms with E-state index >= 15 is 0 Å². The second-order valence-electron chi connectivity index (χ2n) is 9.32. The van der Waals surface area contributed by atoms with Crippen LogP contribution in [0, 0.1) is 29.1 Å². The summed E-state index contributed by atoms with van der Waals surface area (Å²) in [6, 6.07) is 0. The fourth-order valence-corrected chi connectivity index (χ4v) is 6.59. The lowest BCUT2D eigenvalue weighted by molar-refractivity contribution is -0.00383. The molecule has 0 aromatic rings. The lowest BCUT2D eigenvalue weighted by atomic mass is 9.55. The largest absolute Gasteiger partial charge is 0.0620 e. The second kappa shape index (κ2) is 7.71. The standard InChI is InChI=1S/C22H40/c1-18(17-19-11-5-3-6-12-19)22(2,21-15-9-10-16-21)20-13-7-4-8-14-20/h18-21H,3-17H2,1-2H3. The van der Waals surface area contributed by atoms with Gasteiger partial charge < -0.3 is 0 Å². The van der Waals surface area contributed by atoms with Crippen molar-refractivity contribution in [2.45, 2.75) is 110 Å². The summed E-state index contributed by atoms with van der Waals surface area (Å²) in [4.78, 5) is 0. The average molecular weight is 305 g/mol. The first-order valence-corrected chi connectivity index (χ1v) is 10.7. The van der Waals surface area contributed by atoms with E-state index in [0.29, 0.717) is 5.41 Å². The van der Waals surface area contributed by atoms with E-state index in [9.17, 15) is 0 Å². The molecule has 0 amide bonds. The van der Waals surface area contributed by atoms with Crippen LogP contribution in [0.4, 0.5) is 0 Å². The quantitative estimate of drug-likeness (QED) is 0.497. The Morgan fingerprint density at radius 3 is 1.59 bits per heavy atom. The van der Waals surface area contributed by atoms with E-state index in [1.165, 1.54) is 64.2 Å². The maximum Gasteiger partial charge on any atom is -0.0243 e. The second-order valence-corrected chi connectivity index (χ2v) is 9.32. The molecule has 0 aromatic carbocycles. The molecule has 3 saturated carbocycles. The van der Waals surface area contributed by atoms with E-state index in [4.69, 9.17) is 0 Å². The monoisotopic (exact) mass is 304 g/mol. The van der Waals surface area contributed by atoms with E-state index in [1.807, 2.05) is 0 Å². The molecular weight excluding hydrogens is 264 g/mol. The molecule has 2 atom stereocenters. The third-order valence-electron chi connectivity index (χ3n) is 8.19. The van der Waals surface area contributed by atoms with Crippen molar-refractivity contribution in [2.75, 3.05) is 0 Å². The van der Waals surface area contributed by atoms with Crippen LogP contribution in [-0.4, -0.2) is 0 Å². The van der Waals surface area contributed by atoms with Gasteiger partial charge in [-0.3, -0.25) is 0 Å². The van der Waals surface area contributed by atoms with Crippen molar-refractivity contribution in [2.24, 2.45) is 29.1 Å². The van der Waals surface area contributed by atoms with Crippen molar-refractivity contribution in [3.63, 3.8) is 0 Å². The predicted octanol–water partition coefficient (Wildman–Crippen LogP) is 7.37. The van der Waals surface area contributed by atoms with Crippen LogP contribution < -0.4 is 0 Å². The van der Waals surface area contributed by atoms with Gasteiger partial charge in [0.1, 0.15) is 0 Å². The van der Waals surface area contributed by atoms with Crippen LogP contribution in [0.3, 0.4) is 0 Å². The van der Waals surface area contributed by atoms with Crippen LogP contribution >= 0.6 is 0 Å². The molecule has 0 heterocycles. The first kappa shape index (κ1) is 16.8. The SMILES string of the molecule is CC(CC1CCCCC1)C(C)(C1CCCCC1)C1CCCC1. The van der Waals surface area contributed by atoms with Gasteiger partial charge in [-0.05, 0) is 61.2 Å². The number of hydrogen-bond donors (Lipinski definition) is 0. The van der Waals surface area contributed by atoms with Crippen molar-refractivity contribution in [1.82, 2.24) is 0 Å². The summed E-state index contributed by atoms with van der Waals surface area (Å²) in [5.41, 5.74) is 0.661.